The Bertz CT molecular complexity index is 920. The van der Waals surface area contributed by atoms with Crippen molar-refractivity contribution in [2.24, 2.45) is 10.9 Å². The number of hydrogen-bond acceptors (Lipinski definition) is 6. The summed E-state index contributed by atoms with van der Waals surface area (Å²) >= 11 is 0. The van der Waals surface area contributed by atoms with Gasteiger partial charge in [0.15, 0.2) is 11.8 Å². The van der Waals surface area contributed by atoms with Crippen LogP contribution in [-0.2, 0) is 24.3 Å². The molecule has 1 saturated heterocycles. The molecule has 2 N–H and O–H groups in total. The van der Waals surface area contributed by atoms with Crippen molar-refractivity contribution in [3.05, 3.63) is 35.9 Å². The summed E-state index contributed by atoms with van der Waals surface area (Å²) in [7, 11) is 3.40. The summed E-state index contributed by atoms with van der Waals surface area (Å²) in [6.07, 6.45) is 3.06. The summed E-state index contributed by atoms with van der Waals surface area (Å²) < 4.78 is 12.7. The first-order valence-corrected chi connectivity index (χ1v) is 11.5. The third-order valence-corrected chi connectivity index (χ3v) is 6.08. The van der Waals surface area contributed by atoms with Crippen molar-refractivity contribution in [2.45, 2.75) is 45.4 Å². The molecule has 0 aliphatic carbocycles. The number of ether oxygens (including phenoxy) is 2. The van der Waals surface area contributed by atoms with E-state index in [1.54, 1.807) is 14.2 Å². The highest BCUT2D eigenvalue weighted by atomic mass is 127. The second kappa shape index (κ2) is 12.4. The Kier molecular flexibility index (Phi) is 9.60. The van der Waals surface area contributed by atoms with Crippen LogP contribution >= 0.6 is 24.0 Å². The number of benzene rings is 1. The molecule has 1 aromatic carbocycles. The second-order valence-corrected chi connectivity index (χ2v) is 8.43. The first-order chi connectivity index (χ1) is 15.7. The van der Waals surface area contributed by atoms with Crippen molar-refractivity contribution >= 4 is 35.6 Å². The van der Waals surface area contributed by atoms with Crippen molar-refractivity contribution < 1.29 is 9.47 Å². The van der Waals surface area contributed by atoms with Gasteiger partial charge in [0.25, 0.3) is 0 Å². The summed E-state index contributed by atoms with van der Waals surface area (Å²) in [6.45, 7) is 7.02. The first kappa shape index (κ1) is 25.5. The standard InChI is InChI=1S/C23H35N7O2.HI/c1-4-24-23(26-18-9-10-22-27-21(16-31-2)28-30(22)15-18)25-13-17-11-12-29(14-17)19-7-5-6-8-20(19)32-3;/h5-8,17-18H,4,9-16H2,1-3H3,(H2,24,25,26);1H. The Morgan fingerprint density at radius 1 is 1.21 bits per heavy atom. The number of para-hydroxylation sites is 2. The maximum atomic E-state index is 5.54. The van der Waals surface area contributed by atoms with E-state index in [0.717, 1.165) is 75.3 Å². The van der Waals surface area contributed by atoms with Crippen molar-refractivity contribution in [1.82, 2.24) is 25.4 Å². The van der Waals surface area contributed by atoms with Gasteiger partial charge in [0, 0.05) is 45.8 Å². The van der Waals surface area contributed by atoms with Crippen LogP contribution in [0, 0.1) is 5.92 Å². The Morgan fingerprint density at radius 2 is 2.06 bits per heavy atom. The van der Waals surface area contributed by atoms with Gasteiger partial charge in [-0.05, 0) is 37.8 Å². The van der Waals surface area contributed by atoms with E-state index < -0.39 is 0 Å². The largest absolute Gasteiger partial charge is 0.495 e. The van der Waals surface area contributed by atoms with Crippen molar-refractivity contribution in [3.8, 4) is 5.75 Å². The van der Waals surface area contributed by atoms with E-state index in [1.165, 1.54) is 5.69 Å². The van der Waals surface area contributed by atoms with Crippen LogP contribution in [0.3, 0.4) is 0 Å². The van der Waals surface area contributed by atoms with Crippen LogP contribution in [0.4, 0.5) is 5.69 Å². The molecule has 2 aromatic rings. The number of hydrogen-bond donors (Lipinski definition) is 2. The molecule has 0 radical (unpaired) electrons. The first-order valence-electron chi connectivity index (χ1n) is 11.5. The number of nitrogens with one attached hydrogen (secondary N) is 2. The molecule has 2 atom stereocenters. The van der Waals surface area contributed by atoms with Crippen molar-refractivity contribution in [3.63, 3.8) is 0 Å². The lowest BCUT2D eigenvalue weighted by molar-refractivity contribution is 0.177. The monoisotopic (exact) mass is 569 g/mol. The molecule has 2 unspecified atom stereocenters. The minimum atomic E-state index is 0. The average Bonchev–Trinajstić information content (AvgIpc) is 3.44. The molecule has 10 heteroatoms. The topological polar surface area (TPSA) is 88.8 Å². The SMILES string of the molecule is CCNC(=NCC1CCN(c2ccccc2OC)C1)NC1CCc2nc(COC)nn2C1.I. The van der Waals surface area contributed by atoms with Gasteiger partial charge < -0.3 is 25.0 Å². The number of methoxy groups -OCH3 is 2. The molecule has 0 amide bonds. The molecule has 0 bridgehead atoms. The van der Waals surface area contributed by atoms with Crippen LogP contribution in [0.25, 0.3) is 0 Å². The summed E-state index contributed by atoms with van der Waals surface area (Å²) in [5.41, 5.74) is 1.17. The van der Waals surface area contributed by atoms with E-state index in [2.05, 4.69) is 44.7 Å². The van der Waals surface area contributed by atoms with E-state index in [0.29, 0.717) is 12.5 Å². The number of aromatic nitrogens is 3. The zero-order chi connectivity index (χ0) is 22.3. The minimum absolute atomic E-state index is 0. The Labute approximate surface area is 213 Å². The number of aryl methyl sites for hydroxylation is 1. The average molecular weight is 569 g/mol. The molecule has 4 rings (SSSR count). The van der Waals surface area contributed by atoms with Crippen LogP contribution < -0.4 is 20.3 Å². The molecule has 0 saturated carbocycles. The van der Waals surface area contributed by atoms with Gasteiger partial charge >= 0.3 is 0 Å². The van der Waals surface area contributed by atoms with Gasteiger partial charge in [0.1, 0.15) is 18.2 Å². The van der Waals surface area contributed by atoms with Gasteiger partial charge in [-0.1, -0.05) is 12.1 Å². The maximum absolute atomic E-state index is 5.54. The number of nitrogens with zero attached hydrogens (tertiary/aromatic N) is 5. The molecule has 0 spiro atoms. The second-order valence-electron chi connectivity index (χ2n) is 8.43. The van der Waals surface area contributed by atoms with Gasteiger partial charge in [-0.15, -0.1) is 24.0 Å². The fourth-order valence-corrected chi connectivity index (χ4v) is 4.49. The lowest BCUT2D eigenvalue weighted by Gasteiger charge is -2.25. The number of halogens is 1. The van der Waals surface area contributed by atoms with Gasteiger partial charge in [-0.3, -0.25) is 4.99 Å². The van der Waals surface area contributed by atoms with E-state index in [9.17, 15) is 0 Å². The zero-order valence-electron chi connectivity index (χ0n) is 19.8. The Morgan fingerprint density at radius 3 is 2.85 bits per heavy atom. The molecular weight excluding hydrogens is 533 g/mol. The van der Waals surface area contributed by atoms with Crippen molar-refractivity contribution in [2.75, 3.05) is 45.3 Å². The molecule has 182 valence electrons. The summed E-state index contributed by atoms with van der Waals surface area (Å²) in [6, 6.07) is 8.53. The van der Waals surface area contributed by atoms with Crippen LogP contribution in [-0.4, -0.2) is 67.2 Å². The fraction of sp³-hybridized carbons (Fsp3) is 0.609. The van der Waals surface area contributed by atoms with Crippen molar-refractivity contribution in [1.29, 1.82) is 0 Å². The van der Waals surface area contributed by atoms with Gasteiger partial charge in [-0.25, -0.2) is 9.67 Å². The number of aliphatic imine (C=N–C) groups is 1. The van der Waals surface area contributed by atoms with Crippen LogP contribution in [0.1, 0.15) is 31.4 Å². The van der Waals surface area contributed by atoms with E-state index >= 15 is 0 Å². The quantitative estimate of drug-likeness (QED) is 0.287. The Balaban J connectivity index is 0.00000306. The maximum Gasteiger partial charge on any atom is 0.191 e. The normalized spacial score (nSPS) is 20.2. The highest BCUT2D eigenvalue weighted by molar-refractivity contribution is 14.0. The molecule has 33 heavy (non-hydrogen) atoms. The highest BCUT2D eigenvalue weighted by Crippen LogP contribution is 2.32. The van der Waals surface area contributed by atoms with Gasteiger partial charge in [0.05, 0.1) is 19.3 Å². The summed E-state index contributed by atoms with van der Waals surface area (Å²) in [5.74, 6) is 4.14. The molecular formula is C23H36IN7O2. The molecule has 2 aliphatic rings. The summed E-state index contributed by atoms with van der Waals surface area (Å²) in [4.78, 5) is 11.9. The molecule has 1 fully saturated rings. The van der Waals surface area contributed by atoms with Gasteiger partial charge in [0.2, 0.25) is 0 Å². The van der Waals surface area contributed by atoms with E-state index in [-0.39, 0.29) is 30.0 Å². The number of fused-ring (bicyclic) bond motifs is 1. The fourth-order valence-electron chi connectivity index (χ4n) is 4.49. The Hall–Kier alpha value is -2.08. The van der Waals surface area contributed by atoms with Gasteiger partial charge in [-0.2, -0.15) is 5.10 Å². The number of guanidine groups is 1. The van der Waals surface area contributed by atoms with E-state index in [4.69, 9.17) is 14.5 Å². The number of anilines is 1. The van der Waals surface area contributed by atoms with Crippen LogP contribution in [0.2, 0.25) is 0 Å². The van der Waals surface area contributed by atoms with Crippen LogP contribution in [0.15, 0.2) is 29.3 Å². The predicted octanol–water partition coefficient (Wildman–Crippen LogP) is 2.45. The third kappa shape index (κ3) is 6.50. The lowest BCUT2D eigenvalue weighted by Crippen LogP contribution is -2.47. The zero-order valence-corrected chi connectivity index (χ0v) is 22.1. The molecule has 2 aliphatic heterocycles. The smallest absolute Gasteiger partial charge is 0.191 e. The molecule has 1 aromatic heterocycles. The van der Waals surface area contributed by atoms with Crippen LogP contribution in [0.5, 0.6) is 5.75 Å². The number of rotatable bonds is 8. The highest BCUT2D eigenvalue weighted by Gasteiger charge is 2.25. The third-order valence-electron chi connectivity index (χ3n) is 6.08. The summed E-state index contributed by atoms with van der Waals surface area (Å²) in [5, 5.41) is 11.6. The molecule has 3 heterocycles. The predicted molar refractivity (Wildman–Crippen MR) is 141 cm³/mol. The van der Waals surface area contributed by atoms with E-state index in [1.807, 2.05) is 16.8 Å². The molecule has 9 nitrogen and oxygen atoms in total. The minimum Gasteiger partial charge on any atom is -0.495 e. The lowest BCUT2D eigenvalue weighted by atomic mass is 10.1.